The van der Waals surface area contributed by atoms with E-state index in [0.717, 1.165) is 49.0 Å². The van der Waals surface area contributed by atoms with Gasteiger partial charge < -0.3 is 5.41 Å². The molecule has 0 saturated heterocycles. The molecule has 1 heteroatoms. The van der Waals surface area contributed by atoms with Gasteiger partial charge in [0.2, 0.25) is 0 Å². The minimum atomic E-state index is 0.927. The number of hydrogen-bond donors (Lipinski definition) is 1. The van der Waals surface area contributed by atoms with E-state index in [4.69, 9.17) is 5.41 Å². The normalized spacial score (nSPS) is 11.7. The molecule has 0 unspecified atom stereocenters. The SMILES string of the molecule is C=c1c(-c2ccc(-c3ccc4ccccc4c3)cc2)c2ccccc2c(-c2cccc(-c3ccccc3)c2)/c1=C/C=N. The first-order valence-electron chi connectivity index (χ1n) is 14.2. The summed E-state index contributed by atoms with van der Waals surface area (Å²) in [6, 6.07) is 51.6. The highest BCUT2D eigenvalue weighted by Crippen LogP contribution is 2.34. The van der Waals surface area contributed by atoms with Crippen LogP contribution in [0.15, 0.2) is 146 Å². The first-order chi connectivity index (χ1) is 20.7. The predicted octanol–water partition coefficient (Wildman–Crippen LogP) is 9.50. The molecule has 0 heterocycles. The Morgan fingerprint density at radius 2 is 0.976 bits per heavy atom. The molecule has 0 atom stereocenters. The summed E-state index contributed by atoms with van der Waals surface area (Å²) in [7, 11) is 0. The third-order valence-corrected chi connectivity index (χ3v) is 8.13. The van der Waals surface area contributed by atoms with E-state index >= 15 is 0 Å². The summed E-state index contributed by atoms with van der Waals surface area (Å²) in [4.78, 5) is 0. The van der Waals surface area contributed by atoms with E-state index < -0.39 is 0 Å². The third kappa shape index (κ3) is 4.52. The van der Waals surface area contributed by atoms with E-state index in [1.165, 1.54) is 33.7 Å². The van der Waals surface area contributed by atoms with Crippen molar-refractivity contribution < 1.29 is 0 Å². The second-order valence-electron chi connectivity index (χ2n) is 10.6. The van der Waals surface area contributed by atoms with Gasteiger partial charge in [0.1, 0.15) is 0 Å². The van der Waals surface area contributed by atoms with Crippen LogP contribution in [0.5, 0.6) is 0 Å². The lowest BCUT2D eigenvalue weighted by molar-refractivity contribution is 1.52. The summed E-state index contributed by atoms with van der Waals surface area (Å²) >= 11 is 0. The van der Waals surface area contributed by atoms with Crippen molar-refractivity contribution in [3.05, 3.63) is 156 Å². The molecule has 1 N–H and O–H groups in total. The van der Waals surface area contributed by atoms with Crippen LogP contribution in [0.3, 0.4) is 0 Å². The van der Waals surface area contributed by atoms with Gasteiger partial charge in [-0.3, -0.25) is 0 Å². The van der Waals surface area contributed by atoms with E-state index in [1.54, 1.807) is 0 Å². The number of benzene rings is 7. The zero-order valence-corrected chi connectivity index (χ0v) is 23.2. The van der Waals surface area contributed by atoms with Gasteiger partial charge in [0, 0.05) is 6.21 Å². The summed E-state index contributed by atoms with van der Waals surface area (Å²) in [5, 5.41) is 14.7. The van der Waals surface area contributed by atoms with Gasteiger partial charge >= 0.3 is 0 Å². The van der Waals surface area contributed by atoms with Crippen molar-refractivity contribution in [3.8, 4) is 44.5 Å². The Balaban J connectivity index is 1.41. The molecule has 198 valence electrons. The maximum Gasteiger partial charge on any atom is 0.0184 e. The standard InChI is InChI=1S/C41H29N/c1-28-37(24-25-42)41(36-15-9-14-34(27-36)29-10-3-2-4-11-29)39-17-8-7-16-38(39)40(28)32-21-18-31(19-22-32)35-23-20-30-12-5-6-13-33(30)26-35/h2-27,42H,1H2/b37-24+,42-25?. The fourth-order valence-electron chi connectivity index (χ4n) is 6.10. The molecule has 7 rings (SSSR count). The maximum absolute atomic E-state index is 8.03. The van der Waals surface area contributed by atoms with Crippen LogP contribution in [0, 0.1) is 5.41 Å². The summed E-state index contributed by atoms with van der Waals surface area (Å²) in [5.74, 6) is 0. The molecule has 0 bridgehead atoms. The topological polar surface area (TPSA) is 23.9 Å². The van der Waals surface area contributed by atoms with Gasteiger partial charge in [0.05, 0.1) is 0 Å². The maximum atomic E-state index is 8.03. The highest BCUT2D eigenvalue weighted by Gasteiger charge is 2.14. The zero-order valence-electron chi connectivity index (χ0n) is 23.2. The van der Waals surface area contributed by atoms with Gasteiger partial charge in [-0.05, 0) is 94.7 Å². The van der Waals surface area contributed by atoms with Crippen LogP contribution in [0.1, 0.15) is 0 Å². The number of fused-ring (bicyclic) bond motifs is 2. The third-order valence-electron chi connectivity index (χ3n) is 8.13. The van der Waals surface area contributed by atoms with E-state index in [1.807, 2.05) is 12.1 Å². The molecular formula is C41H29N. The van der Waals surface area contributed by atoms with Crippen molar-refractivity contribution >= 4 is 40.4 Å². The molecule has 0 spiro atoms. The molecule has 0 aromatic heterocycles. The van der Waals surface area contributed by atoms with Gasteiger partial charge in [-0.25, -0.2) is 0 Å². The van der Waals surface area contributed by atoms with Crippen molar-refractivity contribution in [2.45, 2.75) is 0 Å². The van der Waals surface area contributed by atoms with E-state index in [0.29, 0.717) is 0 Å². The lowest BCUT2D eigenvalue weighted by atomic mass is 9.87. The Morgan fingerprint density at radius 1 is 0.429 bits per heavy atom. The van der Waals surface area contributed by atoms with E-state index in [2.05, 4.69) is 146 Å². The van der Waals surface area contributed by atoms with Crippen molar-refractivity contribution in [2.24, 2.45) is 0 Å². The molecule has 7 aromatic rings. The second-order valence-corrected chi connectivity index (χ2v) is 10.6. The van der Waals surface area contributed by atoms with E-state index in [-0.39, 0.29) is 0 Å². The van der Waals surface area contributed by atoms with Crippen LogP contribution in [0.4, 0.5) is 0 Å². The first kappa shape index (κ1) is 25.4. The molecule has 0 saturated carbocycles. The highest BCUT2D eigenvalue weighted by atomic mass is 14.3. The molecule has 0 radical (unpaired) electrons. The Bertz CT molecular complexity index is 2210. The van der Waals surface area contributed by atoms with Crippen molar-refractivity contribution in [3.63, 3.8) is 0 Å². The molecule has 0 aliphatic heterocycles. The fraction of sp³-hybridized carbons (Fsp3) is 0. The van der Waals surface area contributed by atoms with E-state index in [9.17, 15) is 0 Å². The molecule has 0 aliphatic rings. The molecule has 1 nitrogen and oxygen atoms in total. The lowest BCUT2D eigenvalue weighted by Crippen LogP contribution is -2.28. The quantitative estimate of drug-likeness (QED) is 0.212. The van der Waals surface area contributed by atoms with Gasteiger partial charge in [0.25, 0.3) is 0 Å². The number of nitrogens with one attached hydrogen (secondary N) is 1. The molecule has 0 amide bonds. The van der Waals surface area contributed by atoms with Gasteiger partial charge in [0.15, 0.2) is 0 Å². The smallest absolute Gasteiger partial charge is 0.0184 e. The number of rotatable bonds is 5. The number of hydrogen-bond acceptors (Lipinski definition) is 1. The average molecular weight is 536 g/mol. The largest absolute Gasteiger partial charge is 0.309 e. The van der Waals surface area contributed by atoms with Gasteiger partial charge in [-0.2, -0.15) is 0 Å². The summed E-state index contributed by atoms with van der Waals surface area (Å²) in [6.45, 7) is 4.61. The molecule has 7 aromatic carbocycles. The van der Waals surface area contributed by atoms with Crippen molar-refractivity contribution in [1.82, 2.24) is 0 Å². The lowest BCUT2D eigenvalue weighted by Gasteiger charge is -2.16. The van der Waals surface area contributed by atoms with Gasteiger partial charge in [-0.1, -0.05) is 140 Å². The molecule has 42 heavy (non-hydrogen) atoms. The molecule has 0 aliphatic carbocycles. The average Bonchev–Trinajstić information content (AvgIpc) is 3.06. The van der Waals surface area contributed by atoms with Crippen LogP contribution in [-0.4, -0.2) is 6.21 Å². The fourth-order valence-corrected chi connectivity index (χ4v) is 6.10. The first-order valence-corrected chi connectivity index (χ1v) is 14.2. The Morgan fingerprint density at radius 3 is 1.74 bits per heavy atom. The van der Waals surface area contributed by atoms with Gasteiger partial charge in [-0.15, -0.1) is 0 Å². The van der Waals surface area contributed by atoms with Crippen molar-refractivity contribution in [1.29, 1.82) is 5.41 Å². The summed E-state index contributed by atoms with van der Waals surface area (Å²) in [5.41, 5.74) is 9.16. The van der Waals surface area contributed by atoms with Crippen LogP contribution in [0.2, 0.25) is 0 Å². The Kier molecular flexibility index (Phi) is 6.54. The van der Waals surface area contributed by atoms with Crippen LogP contribution in [-0.2, 0) is 0 Å². The highest BCUT2D eigenvalue weighted by molar-refractivity contribution is 6.07. The Hall–Kier alpha value is -5.53. The Labute approximate surface area is 245 Å². The van der Waals surface area contributed by atoms with Crippen LogP contribution in [0.25, 0.3) is 78.7 Å². The second kappa shape index (κ2) is 10.8. The predicted molar refractivity (Wildman–Crippen MR) is 181 cm³/mol. The molecular weight excluding hydrogens is 506 g/mol. The minimum Gasteiger partial charge on any atom is -0.309 e. The molecule has 0 fully saturated rings. The van der Waals surface area contributed by atoms with Crippen LogP contribution < -0.4 is 10.4 Å². The zero-order chi connectivity index (χ0) is 28.5. The van der Waals surface area contributed by atoms with Crippen LogP contribution >= 0.6 is 0 Å². The van der Waals surface area contributed by atoms with Crippen molar-refractivity contribution in [2.75, 3.05) is 0 Å². The summed E-state index contributed by atoms with van der Waals surface area (Å²) < 4.78 is 0. The minimum absolute atomic E-state index is 0.927. The monoisotopic (exact) mass is 535 g/mol. The summed E-state index contributed by atoms with van der Waals surface area (Å²) in [6.07, 6.45) is 3.25.